The van der Waals surface area contributed by atoms with Crippen molar-refractivity contribution in [2.24, 2.45) is 0 Å². The zero-order chi connectivity index (χ0) is 11.8. The molecule has 2 aromatic rings. The quantitative estimate of drug-likeness (QED) is 0.861. The molecule has 1 heterocycles. The monoisotopic (exact) mass is 236 g/mol. The maximum absolute atomic E-state index is 10.4. The normalized spacial score (nSPS) is 12.2. The van der Waals surface area contributed by atoms with E-state index in [-0.39, 0.29) is 0 Å². The number of nitrogens with two attached hydrogens (primary N) is 1. The summed E-state index contributed by atoms with van der Waals surface area (Å²) >= 11 is 1.47. The summed E-state index contributed by atoms with van der Waals surface area (Å²) in [4.78, 5) is 4.24. The predicted octanol–water partition coefficient (Wildman–Crippen LogP) is 2.89. The van der Waals surface area contributed by atoms with Crippen molar-refractivity contribution in [2.75, 3.05) is 5.73 Å². The lowest BCUT2D eigenvalue weighted by Crippen LogP contribution is -2.23. The van der Waals surface area contributed by atoms with E-state index in [2.05, 4.69) is 4.98 Å². The number of fused-ring (bicyclic) bond motifs is 1. The Morgan fingerprint density at radius 2 is 2.06 bits per heavy atom. The Hall–Kier alpha value is -1.13. The van der Waals surface area contributed by atoms with Crippen molar-refractivity contribution in [3.05, 3.63) is 23.8 Å². The van der Waals surface area contributed by atoms with Gasteiger partial charge in [-0.1, -0.05) is 31.3 Å². The maximum Gasteiger partial charge on any atom is 0.181 e. The molecule has 16 heavy (non-hydrogen) atoms. The van der Waals surface area contributed by atoms with Crippen molar-refractivity contribution in [1.82, 2.24) is 4.98 Å². The van der Waals surface area contributed by atoms with Crippen LogP contribution in [0, 0.1) is 0 Å². The number of aliphatic hydroxyl groups is 1. The molecule has 0 saturated heterocycles. The highest BCUT2D eigenvalue weighted by Gasteiger charge is 2.25. The molecule has 0 bridgehead atoms. The summed E-state index contributed by atoms with van der Waals surface area (Å²) in [5, 5.41) is 11.0. The van der Waals surface area contributed by atoms with Crippen LogP contribution in [0.4, 0.5) is 5.13 Å². The number of hydrogen-bond acceptors (Lipinski definition) is 4. The first-order valence-corrected chi connectivity index (χ1v) is 6.29. The van der Waals surface area contributed by atoms with E-state index in [4.69, 9.17) is 5.73 Å². The summed E-state index contributed by atoms with van der Waals surface area (Å²) in [6.07, 6.45) is 1.41. The van der Waals surface area contributed by atoms with Gasteiger partial charge in [0.1, 0.15) is 0 Å². The van der Waals surface area contributed by atoms with Gasteiger partial charge in [0.05, 0.1) is 15.8 Å². The van der Waals surface area contributed by atoms with Crippen LogP contribution in [-0.4, -0.2) is 10.1 Å². The van der Waals surface area contributed by atoms with Crippen LogP contribution in [0.2, 0.25) is 0 Å². The van der Waals surface area contributed by atoms with Gasteiger partial charge >= 0.3 is 0 Å². The lowest BCUT2D eigenvalue weighted by atomic mass is 9.88. The number of rotatable bonds is 3. The van der Waals surface area contributed by atoms with E-state index in [0.717, 1.165) is 15.8 Å². The van der Waals surface area contributed by atoms with Gasteiger partial charge in [-0.3, -0.25) is 0 Å². The molecule has 0 atom stereocenters. The molecular weight excluding hydrogens is 220 g/mol. The molecule has 0 aliphatic carbocycles. The average molecular weight is 236 g/mol. The predicted molar refractivity (Wildman–Crippen MR) is 68.5 cm³/mol. The SMILES string of the molecule is CCC(O)(CC)c1ccc2sc(N)nc2c1. The summed E-state index contributed by atoms with van der Waals surface area (Å²) in [7, 11) is 0. The lowest BCUT2D eigenvalue weighted by molar-refractivity contribution is 0.0285. The molecule has 0 saturated carbocycles. The van der Waals surface area contributed by atoms with Crippen LogP contribution >= 0.6 is 11.3 Å². The van der Waals surface area contributed by atoms with Crippen molar-refractivity contribution in [3.8, 4) is 0 Å². The fraction of sp³-hybridized carbons (Fsp3) is 0.417. The van der Waals surface area contributed by atoms with Gasteiger partial charge in [0, 0.05) is 0 Å². The minimum atomic E-state index is -0.743. The average Bonchev–Trinajstić information content (AvgIpc) is 2.67. The molecule has 3 nitrogen and oxygen atoms in total. The highest BCUT2D eigenvalue weighted by Crippen LogP contribution is 2.32. The van der Waals surface area contributed by atoms with E-state index >= 15 is 0 Å². The molecule has 0 unspecified atom stereocenters. The summed E-state index contributed by atoms with van der Waals surface area (Å²) < 4.78 is 1.07. The number of aromatic nitrogens is 1. The number of anilines is 1. The molecule has 0 aliphatic rings. The molecule has 4 heteroatoms. The highest BCUT2D eigenvalue weighted by atomic mass is 32.1. The third-order valence-electron chi connectivity index (χ3n) is 3.11. The smallest absolute Gasteiger partial charge is 0.181 e. The Labute approximate surface area is 98.9 Å². The summed E-state index contributed by atoms with van der Waals surface area (Å²) in [5.41, 5.74) is 6.72. The van der Waals surface area contributed by atoms with Gasteiger partial charge < -0.3 is 10.8 Å². The second-order valence-electron chi connectivity index (χ2n) is 3.97. The van der Waals surface area contributed by atoms with E-state index in [9.17, 15) is 5.11 Å². The Kier molecular flexibility index (Phi) is 2.86. The standard InChI is InChI=1S/C12H16N2OS/c1-3-12(15,4-2)8-5-6-10-9(7-8)14-11(13)16-10/h5-7,15H,3-4H2,1-2H3,(H2,13,14). The van der Waals surface area contributed by atoms with Crippen molar-refractivity contribution < 1.29 is 5.11 Å². The van der Waals surface area contributed by atoms with E-state index in [1.165, 1.54) is 11.3 Å². The van der Waals surface area contributed by atoms with Gasteiger partial charge in [0.15, 0.2) is 5.13 Å². The first-order chi connectivity index (χ1) is 7.59. The van der Waals surface area contributed by atoms with E-state index in [0.29, 0.717) is 18.0 Å². The molecule has 0 aliphatic heterocycles. The lowest BCUT2D eigenvalue weighted by Gasteiger charge is -2.25. The summed E-state index contributed by atoms with van der Waals surface area (Å²) in [6.45, 7) is 3.98. The molecule has 3 N–H and O–H groups in total. The minimum Gasteiger partial charge on any atom is -0.385 e. The molecule has 2 rings (SSSR count). The number of nitrogen functional groups attached to an aromatic ring is 1. The molecule has 1 aromatic heterocycles. The van der Waals surface area contributed by atoms with Crippen molar-refractivity contribution in [3.63, 3.8) is 0 Å². The van der Waals surface area contributed by atoms with Crippen molar-refractivity contribution in [2.45, 2.75) is 32.3 Å². The number of nitrogens with zero attached hydrogens (tertiary/aromatic N) is 1. The minimum absolute atomic E-state index is 0.573. The van der Waals surface area contributed by atoms with Gasteiger partial charge in [-0.15, -0.1) is 0 Å². The zero-order valence-electron chi connectivity index (χ0n) is 9.53. The fourth-order valence-electron chi connectivity index (χ4n) is 1.89. The van der Waals surface area contributed by atoms with Crippen LogP contribution in [0.5, 0.6) is 0 Å². The second-order valence-corrected chi connectivity index (χ2v) is 5.04. The van der Waals surface area contributed by atoms with Crippen LogP contribution in [0.15, 0.2) is 18.2 Å². The van der Waals surface area contributed by atoms with E-state index in [1.54, 1.807) is 0 Å². The fourth-order valence-corrected chi connectivity index (χ4v) is 2.61. The molecular formula is C12H16N2OS. The third kappa shape index (κ3) is 1.79. The van der Waals surface area contributed by atoms with Crippen LogP contribution in [0.25, 0.3) is 10.2 Å². The van der Waals surface area contributed by atoms with Crippen molar-refractivity contribution >= 4 is 26.7 Å². The summed E-state index contributed by atoms with van der Waals surface area (Å²) in [5.74, 6) is 0. The highest BCUT2D eigenvalue weighted by molar-refractivity contribution is 7.22. The molecule has 1 aromatic carbocycles. The van der Waals surface area contributed by atoms with Crippen molar-refractivity contribution in [1.29, 1.82) is 0 Å². The molecule has 0 fully saturated rings. The third-order valence-corrected chi connectivity index (χ3v) is 3.98. The molecule has 0 spiro atoms. The van der Waals surface area contributed by atoms with Gasteiger partial charge in [0.25, 0.3) is 0 Å². The number of benzene rings is 1. The molecule has 0 amide bonds. The maximum atomic E-state index is 10.4. The number of hydrogen-bond donors (Lipinski definition) is 2. The Morgan fingerprint density at radius 3 is 2.69 bits per heavy atom. The van der Waals surface area contributed by atoms with Gasteiger partial charge in [0.2, 0.25) is 0 Å². The van der Waals surface area contributed by atoms with Gasteiger partial charge in [-0.05, 0) is 30.5 Å². The first kappa shape index (κ1) is 11.4. The first-order valence-electron chi connectivity index (χ1n) is 5.48. The van der Waals surface area contributed by atoms with Crippen LogP contribution in [0.1, 0.15) is 32.3 Å². The molecule has 86 valence electrons. The Bertz CT molecular complexity index is 503. The topological polar surface area (TPSA) is 59.1 Å². The van der Waals surface area contributed by atoms with Gasteiger partial charge in [-0.2, -0.15) is 0 Å². The van der Waals surface area contributed by atoms with E-state index in [1.807, 2.05) is 32.0 Å². The van der Waals surface area contributed by atoms with Crippen LogP contribution in [-0.2, 0) is 5.60 Å². The number of thiazole rings is 1. The van der Waals surface area contributed by atoms with Gasteiger partial charge in [-0.25, -0.2) is 4.98 Å². The van der Waals surface area contributed by atoms with E-state index < -0.39 is 5.60 Å². The van der Waals surface area contributed by atoms with Crippen LogP contribution < -0.4 is 5.73 Å². The summed E-state index contributed by atoms with van der Waals surface area (Å²) in [6, 6.07) is 5.89. The molecule has 0 radical (unpaired) electrons. The Morgan fingerprint density at radius 1 is 1.38 bits per heavy atom. The van der Waals surface area contributed by atoms with Crippen LogP contribution in [0.3, 0.4) is 0 Å². The zero-order valence-corrected chi connectivity index (χ0v) is 10.3. The largest absolute Gasteiger partial charge is 0.385 e. The second kappa shape index (κ2) is 4.03. The Balaban J connectivity index is 2.53.